The Kier molecular flexibility index (Phi) is 6.68. The Labute approximate surface area is 174 Å². The Morgan fingerprint density at radius 2 is 2.07 bits per heavy atom. The number of hydrogen-bond donors (Lipinski definition) is 3. The number of aromatic nitrogens is 2. The van der Waals surface area contributed by atoms with E-state index >= 15 is 0 Å². The van der Waals surface area contributed by atoms with Crippen LogP contribution in [-0.4, -0.2) is 34.2 Å². The first-order valence-corrected chi connectivity index (χ1v) is 10.5. The molecule has 0 saturated carbocycles. The summed E-state index contributed by atoms with van der Waals surface area (Å²) in [6.07, 6.45) is 0. The molecule has 0 aliphatic heterocycles. The van der Waals surface area contributed by atoms with E-state index < -0.39 is 11.5 Å². The van der Waals surface area contributed by atoms with E-state index in [9.17, 15) is 14.4 Å². The van der Waals surface area contributed by atoms with Crippen LogP contribution in [0.3, 0.4) is 0 Å². The minimum atomic E-state index is -0.502. The average Bonchev–Trinajstić information content (AvgIpc) is 3.10. The van der Waals surface area contributed by atoms with Crippen molar-refractivity contribution in [2.75, 3.05) is 23.4 Å². The molecule has 29 heavy (non-hydrogen) atoms. The first kappa shape index (κ1) is 20.6. The summed E-state index contributed by atoms with van der Waals surface area (Å²) in [5.74, 6) is -0.802. The SMILES string of the molecule is CCOC(=O)c1c(-c2ccccc2)csc1NC(=O)CSc1nc(N)cc(=O)[nH]1. The molecule has 0 saturated heterocycles. The number of carbonyl (C=O) groups excluding carboxylic acids is 2. The van der Waals surface area contributed by atoms with Crippen molar-refractivity contribution in [1.82, 2.24) is 9.97 Å². The molecule has 3 rings (SSSR count). The molecule has 0 fully saturated rings. The number of carbonyl (C=O) groups is 2. The van der Waals surface area contributed by atoms with Crippen molar-refractivity contribution in [3.63, 3.8) is 0 Å². The summed E-state index contributed by atoms with van der Waals surface area (Å²) in [5.41, 5.74) is 7.00. The van der Waals surface area contributed by atoms with E-state index in [0.29, 0.717) is 16.1 Å². The van der Waals surface area contributed by atoms with E-state index in [1.807, 2.05) is 30.3 Å². The largest absolute Gasteiger partial charge is 0.462 e. The van der Waals surface area contributed by atoms with E-state index in [1.165, 1.54) is 11.3 Å². The van der Waals surface area contributed by atoms with E-state index in [2.05, 4.69) is 15.3 Å². The lowest BCUT2D eigenvalue weighted by Crippen LogP contribution is -2.17. The summed E-state index contributed by atoms with van der Waals surface area (Å²) in [7, 11) is 0. The zero-order valence-corrected chi connectivity index (χ0v) is 17.1. The number of nitrogen functional groups attached to an aromatic ring is 1. The molecule has 4 N–H and O–H groups in total. The number of nitrogens with one attached hydrogen (secondary N) is 2. The molecular formula is C19H18N4O4S2. The van der Waals surface area contributed by atoms with Gasteiger partial charge in [-0.3, -0.25) is 9.59 Å². The maximum absolute atomic E-state index is 12.5. The standard InChI is InChI=1S/C19H18N4O4S2/c1-2-27-18(26)16-12(11-6-4-3-5-7-11)9-28-17(16)22-15(25)10-29-19-21-13(20)8-14(24)23-19/h3-9H,2,10H2,1H3,(H,22,25)(H3,20,21,23,24). The fourth-order valence-electron chi connectivity index (χ4n) is 2.50. The zero-order valence-electron chi connectivity index (χ0n) is 15.4. The molecule has 0 bridgehead atoms. The van der Waals surface area contributed by atoms with Crippen molar-refractivity contribution < 1.29 is 14.3 Å². The van der Waals surface area contributed by atoms with Crippen molar-refractivity contribution in [3.05, 3.63) is 57.7 Å². The third-order valence-electron chi connectivity index (χ3n) is 3.69. The van der Waals surface area contributed by atoms with Gasteiger partial charge in [0.1, 0.15) is 16.4 Å². The van der Waals surface area contributed by atoms with Crippen LogP contribution >= 0.6 is 23.1 Å². The summed E-state index contributed by atoms with van der Waals surface area (Å²) >= 11 is 2.28. The number of thiophene rings is 1. The topological polar surface area (TPSA) is 127 Å². The summed E-state index contributed by atoms with van der Waals surface area (Å²) in [6, 6.07) is 10.6. The van der Waals surface area contributed by atoms with Gasteiger partial charge in [0.15, 0.2) is 5.16 Å². The number of esters is 1. The molecule has 10 heteroatoms. The van der Waals surface area contributed by atoms with Gasteiger partial charge in [0.25, 0.3) is 5.56 Å². The molecule has 0 atom stereocenters. The summed E-state index contributed by atoms with van der Waals surface area (Å²) in [5, 5.41) is 5.20. The lowest BCUT2D eigenvalue weighted by Gasteiger charge is -2.09. The second-order valence-electron chi connectivity index (χ2n) is 5.75. The molecule has 0 aliphatic carbocycles. The minimum Gasteiger partial charge on any atom is -0.462 e. The third-order valence-corrected chi connectivity index (χ3v) is 5.46. The number of hydrogen-bond acceptors (Lipinski definition) is 8. The summed E-state index contributed by atoms with van der Waals surface area (Å²) in [6.45, 7) is 1.95. The smallest absolute Gasteiger partial charge is 0.341 e. The maximum atomic E-state index is 12.5. The van der Waals surface area contributed by atoms with Gasteiger partial charge < -0.3 is 20.8 Å². The van der Waals surface area contributed by atoms with Gasteiger partial charge in [0.05, 0.1) is 12.4 Å². The Hall–Kier alpha value is -3.11. The lowest BCUT2D eigenvalue weighted by atomic mass is 10.0. The molecule has 0 spiro atoms. The van der Waals surface area contributed by atoms with Gasteiger partial charge in [0.2, 0.25) is 5.91 Å². The van der Waals surface area contributed by atoms with Crippen molar-refractivity contribution in [2.24, 2.45) is 0 Å². The molecule has 2 aromatic heterocycles. The molecule has 1 amide bonds. The molecular weight excluding hydrogens is 412 g/mol. The van der Waals surface area contributed by atoms with E-state index in [-0.39, 0.29) is 29.2 Å². The zero-order chi connectivity index (χ0) is 20.8. The molecule has 8 nitrogen and oxygen atoms in total. The second-order valence-corrected chi connectivity index (χ2v) is 7.60. The quantitative estimate of drug-likeness (QED) is 0.299. The molecule has 150 valence electrons. The minimum absolute atomic E-state index is 0.0206. The van der Waals surface area contributed by atoms with Crippen LogP contribution in [0.25, 0.3) is 11.1 Å². The highest BCUT2D eigenvalue weighted by Gasteiger charge is 2.22. The van der Waals surface area contributed by atoms with Crippen molar-refractivity contribution >= 4 is 45.8 Å². The van der Waals surface area contributed by atoms with E-state index in [4.69, 9.17) is 10.5 Å². The van der Waals surface area contributed by atoms with Crippen LogP contribution in [-0.2, 0) is 9.53 Å². The van der Waals surface area contributed by atoms with Crippen molar-refractivity contribution in [1.29, 1.82) is 0 Å². The van der Waals surface area contributed by atoms with Gasteiger partial charge in [-0.05, 0) is 12.5 Å². The fraction of sp³-hybridized carbons (Fsp3) is 0.158. The van der Waals surface area contributed by atoms with Crippen LogP contribution in [0.2, 0.25) is 0 Å². The third kappa shape index (κ3) is 5.24. The average molecular weight is 431 g/mol. The first-order valence-electron chi connectivity index (χ1n) is 8.61. The van der Waals surface area contributed by atoms with Gasteiger partial charge in [-0.25, -0.2) is 9.78 Å². The Morgan fingerprint density at radius 1 is 1.31 bits per heavy atom. The van der Waals surface area contributed by atoms with Gasteiger partial charge in [-0.2, -0.15) is 0 Å². The van der Waals surface area contributed by atoms with Crippen LogP contribution in [0.15, 0.2) is 51.7 Å². The Bertz CT molecular complexity index is 1080. The van der Waals surface area contributed by atoms with E-state index in [0.717, 1.165) is 23.4 Å². The number of amides is 1. The maximum Gasteiger partial charge on any atom is 0.341 e. The highest BCUT2D eigenvalue weighted by molar-refractivity contribution is 7.99. The number of nitrogens with zero attached hydrogens (tertiary/aromatic N) is 1. The predicted octanol–water partition coefficient (Wildman–Crippen LogP) is 2.99. The lowest BCUT2D eigenvalue weighted by molar-refractivity contribution is -0.113. The summed E-state index contributed by atoms with van der Waals surface area (Å²) < 4.78 is 5.17. The fourth-order valence-corrected chi connectivity index (χ4v) is 4.16. The van der Waals surface area contributed by atoms with Gasteiger partial charge >= 0.3 is 5.97 Å². The molecule has 0 radical (unpaired) electrons. The highest BCUT2D eigenvalue weighted by atomic mass is 32.2. The number of nitrogens with two attached hydrogens (primary N) is 1. The number of rotatable bonds is 7. The van der Waals surface area contributed by atoms with Crippen LogP contribution in [0.5, 0.6) is 0 Å². The number of anilines is 2. The van der Waals surface area contributed by atoms with Crippen LogP contribution in [0.4, 0.5) is 10.8 Å². The number of thioether (sulfide) groups is 1. The van der Waals surface area contributed by atoms with Crippen molar-refractivity contribution in [2.45, 2.75) is 12.1 Å². The number of H-pyrrole nitrogens is 1. The monoisotopic (exact) mass is 430 g/mol. The highest BCUT2D eigenvalue weighted by Crippen LogP contribution is 2.36. The summed E-state index contributed by atoms with van der Waals surface area (Å²) in [4.78, 5) is 42.8. The van der Waals surface area contributed by atoms with Crippen LogP contribution in [0.1, 0.15) is 17.3 Å². The number of ether oxygens (including phenoxy) is 1. The molecule has 0 unspecified atom stereocenters. The molecule has 0 aliphatic rings. The van der Waals surface area contributed by atoms with Gasteiger partial charge in [-0.15, -0.1) is 11.3 Å². The Morgan fingerprint density at radius 3 is 2.76 bits per heavy atom. The van der Waals surface area contributed by atoms with Crippen LogP contribution < -0.4 is 16.6 Å². The normalized spacial score (nSPS) is 10.5. The second kappa shape index (κ2) is 9.39. The molecule has 3 aromatic rings. The van der Waals surface area contributed by atoms with Crippen LogP contribution in [0, 0.1) is 0 Å². The predicted molar refractivity (Wildman–Crippen MR) is 114 cm³/mol. The first-order chi connectivity index (χ1) is 14.0. The number of aromatic amines is 1. The Balaban J connectivity index is 1.79. The van der Waals surface area contributed by atoms with Crippen molar-refractivity contribution in [3.8, 4) is 11.1 Å². The van der Waals surface area contributed by atoms with Gasteiger partial charge in [-0.1, -0.05) is 42.1 Å². The molecule has 1 aromatic carbocycles. The van der Waals surface area contributed by atoms with Gasteiger partial charge in [0, 0.05) is 17.0 Å². The van der Waals surface area contributed by atoms with E-state index in [1.54, 1.807) is 12.3 Å². The molecule has 2 heterocycles. The number of benzene rings is 1.